The Kier molecular flexibility index (Phi) is 5.71. The Hall–Kier alpha value is -2.93. The van der Waals surface area contributed by atoms with Crippen LogP contribution in [0.4, 0.5) is 14.9 Å². The molecule has 2 aromatic carbocycles. The van der Waals surface area contributed by atoms with E-state index in [1.807, 2.05) is 25.2 Å². The molecule has 2 amide bonds. The Bertz CT molecular complexity index is 820. The van der Waals surface area contributed by atoms with Gasteiger partial charge < -0.3 is 14.9 Å². The summed E-state index contributed by atoms with van der Waals surface area (Å²) in [6.07, 6.45) is 0. The van der Waals surface area contributed by atoms with E-state index in [-0.39, 0.29) is 23.7 Å². The average Bonchev–Trinajstić information content (AvgIpc) is 2.67. The van der Waals surface area contributed by atoms with E-state index in [2.05, 4.69) is 4.90 Å². The van der Waals surface area contributed by atoms with Gasteiger partial charge in [-0.3, -0.25) is 4.90 Å². The molecular formula is C20H22FN3O3. The van der Waals surface area contributed by atoms with Crippen LogP contribution in [-0.2, 0) is 6.54 Å². The number of hydrogen-bond donors (Lipinski definition) is 1. The van der Waals surface area contributed by atoms with Gasteiger partial charge in [0.05, 0.1) is 12.1 Å². The van der Waals surface area contributed by atoms with Gasteiger partial charge in [0.2, 0.25) is 0 Å². The van der Waals surface area contributed by atoms with Gasteiger partial charge in [-0.05, 0) is 31.3 Å². The van der Waals surface area contributed by atoms with E-state index in [1.54, 1.807) is 17.0 Å². The summed E-state index contributed by atoms with van der Waals surface area (Å²) in [5.74, 6) is -1.82. The van der Waals surface area contributed by atoms with Crippen molar-refractivity contribution in [2.75, 3.05) is 38.1 Å². The van der Waals surface area contributed by atoms with Crippen molar-refractivity contribution in [3.63, 3.8) is 0 Å². The molecule has 0 radical (unpaired) electrons. The van der Waals surface area contributed by atoms with Crippen molar-refractivity contribution in [1.29, 1.82) is 0 Å². The molecule has 0 aromatic heterocycles. The first-order valence-electron chi connectivity index (χ1n) is 8.77. The number of rotatable bonds is 4. The highest BCUT2D eigenvalue weighted by Gasteiger charge is 2.26. The molecular weight excluding hydrogens is 349 g/mol. The quantitative estimate of drug-likeness (QED) is 0.898. The van der Waals surface area contributed by atoms with Gasteiger partial charge in [0.1, 0.15) is 5.82 Å². The standard InChI is InChI=1S/C20H22FN3O3/c1-22-9-11-23(12-10-22)20(27)24(17-5-3-2-4-6-17)14-16-8-7-15(19(25)26)13-18(16)21/h2-8,13H,9-12,14H2,1H3,(H,25,26). The molecule has 6 nitrogen and oxygen atoms in total. The molecule has 0 atom stereocenters. The van der Waals surface area contributed by atoms with E-state index in [0.29, 0.717) is 18.8 Å². The zero-order valence-corrected chi connectivity index (χ0v) is 15.1. The van der Waals surface area contributed by atoms with Crippen molar-refractivity contribution < 1.29 is 19.1 Å². The van der Waals surface area contributed by atoms with Gasteiger partial charge in [-0.25, -0.2) is 14.0 Å². The molecule has 0 bridgehead atoms. The smallest absolute Gasteiger partial charge is 0.335 e. The molecule has 2 aromatic rings. The zero-order chi connectivity index (χ0) is 19.4. The predicted molar refractivity (Wildman–Crippen MR) is 100 cm³/mol. The molecule has 0 unspecified atom stereocenters. The zero-order valence-electron chi connectivity index (χ0n) is 15.1. The lowest BCUT2D eigenvalue weighted by Gasteiger charge is -2.36. The summed E-state index contributed by atoms with van der Waals surface area (Å²) < 4.78 is 14.4. The van der Waals surface area contributed by atoms with Gasteiger partial charge in [0, 0.05) is 37.4 Å². The van der Waals surface area contributed by atoms with Gasteiger partial charge in [-0.2, -0.15) is 0 Å². The number of likely N-dealkylation sites (N-methyl/N-ethyl adjacent to an activating group) is 1. The molecule has 0 aliphatic carbocycles. The van der Waals surface area contributed by atoms with E-state index in [4.69, 9.17) is 5.11 Å². The Morgan fingerprint density at radius 2 is 1.74 bits per heavy atom. The number of carboxylic acid groups (broad SMARTS) is 1. The monoisotopic (exact) mass is 371 g/mol. The normalized spacial score (nSPS) is 14.8. The summed E-state index contributed by atoms with van der Waals surface area (Å²) in [6.45, 7) is 2.82. The van der Waals surface area contributed by atoms with Gasteiger partial charge in [0.25, 0.3) is 0 Å². The summed E-state index contributed by atoms with van der Waals surface area (Å²) in [6, 6.07) is 12.7. The molecule has 1 fully saturated rings. The highest BCUT2D eigenvalue weighted by Crippen LogP contribution is 2.21. The number of urea groups is 1. The fourth-order valence-electron chi connectivity index (χ4n) is 3.02. The summed E-state index contributed by atoms with van der Waals surface area (Å²) in [4.78, 5) is 29.6. The molecule has 3 rings (SSSR count). The number of amides is 2. The number of carbonyl (C=O) groups excluding carboxylic acids is 1. The second kappa shape index (κ2) is 8.18. The molecule has 1 aliphatic rings. The van der Waals surface area contributed by atoms with Crippen molar-refractivity contribution in [3.8, 4) is 0 Å². The number of para-hydroxylation sites is 1. The van der Waals surface area contributed by atoms with Crippen LogP contribution in [0.5, 0.6) is 0 Å². The number of anilines is 1. The van der Waals surface area contributed by atoms with Crippen molar-refractivity contribution in [3.05, 3.63) is 65.5 Å². The predicted octanol–water partition coefficient (Wildman–Crippen LogP) is 2.90. The summed E-state index contributed by atoms with van der Waals surface area (Å²) in [5.41, 5.74) is 0.822. The van der Waals surface area contributed by atoms with Gasteiger partial charge >= 0.3 is 12.0 Å². The number of carboxylic acids is 1. The molecule has 1 N–H and O–H groups in total. The van der Waals surface area contributed by atoms with Crippen molar-refractivity contribution >= 4 is 17.7 Å². The molecule has 0 saturated carbocycles. The highest BCUT2D eigenvalue weighted by molar-refractivity contribution is 5.92. The maximum Gasteiger partial charge on any atom is 0.335 e. The number of carbonyl (C=O) groups is 2. The lowest BCUT2D eigenvalue weighted by molar-refractivity contribution is 0.0696. The summed E-state index contributed by atoms with van der Waals surface area (Å²) in [7, 11) is 2.01. The van der Waals surface area contributed by atoms with Gasteiger partial charge in [-0.15, -0.1) is 0 Å². The maximum atomic E-state index is 14.4. The van der Waals surface area contributed by atoms with E-state index in [1.165, 1.54) is 17.0 Å². The lowest BCUT2D eigenvalue weighted by atomic mass is 10.1. The van der Waals surface area contributed by atoms with E-state index < -0.39 is 11.8 Å². The lowest BCUT2D eigenvalue weighted by Crippen LogP contribution is -2.52. The first-order valence-corrected chi connectivity index (χ1v) is 8.77. The maximum absolute atomic E-state index is 14.4. The van der Waals surface area contributed by atoms with E-state index >= 15 is 0 Å². The summed E-state index contributed by atoms with van der Waals surface area (Å²) >= 11 is 0. The molecule has 7 heteroatoms. The Balaban J connectivity index is 1.87. The third kappa shape index (κ3) is 4.43. The van der Waals surface area contributed by atoms with Crippen molar-refractivity contribution in [2.24, 2.45) is 0 Å². The number of halogens is 1. The number of piperazine rings is 1. The van der Waals surface area contributed by atoms with Gasteiger partial charge in [0.15, 0.2) is 0 Å². The second-order valence-electron chi connectivity index (χ2n) is 6.61. The Morgan fingerprint density at radius 1 is 1.07 bits per heavy atom. The number of benzene rings is 2. The first kappa shape index (κ1) is 18.8. The average molecular weight is 371 g/mol. The fourth-order valence-corrected chi connectivity index (χ4v) is 3.02. The summed E-state index contributed by atoms with van der Waals surface area (Å²) in [5, 5.41) is 9.00. The molecule has 1 aliphatic heterocycles. The number of aromatic carboxylic acids is 1. The number of hydrogen-bond acceptors (Lipinski definition) is 3. The molecule has 142 valence electrons. The van der Waals surface area contributed by atoms with Crippen LogP contribution in [-0.4, -0.2) is 60.1 Å². The minimum absolute atomic E-state index is 0.0287. The second-order valence-corrected chi connectivity index (χ2v) is 6.61. The molecule has 1 heterocycles. The van der Waals surface area contributed by atoms with Crippen LogP contribution in [0.15, 0.2) is 48.5 Å². The van der Waals surface area contributed by atoms with Crippen LogP contribution in [0.25, 0.3) is 0 Å². The minimum Gasteiger partial charge on any atom is -0.478 e. The van der Waals surface area contributed by atoms with Crippen molar-refractivity contribution in [1.82, 2.24) is 9.80 Å². The van der Waals surface area contributed by atoms with Crippen LogP contribution >= 0.6 is 0 Å². The van der Waals surface area contributed by atoms with Crippen LogP contribution < -0.4 is 4.90 Å². The van der Waals surface area contributed by atoms with Crippen molar-refractivity contribution in [2.45, 2.75) is 6.54 Å². The van der Waals surface area contributed by atoms with E-state index in [0.717, 1.165) is 19.2 Å². The Labute approximate surface area is 157 Å². The highest BCUT2D eigenvalue weighted by atomic mass is 19.1. The largest absolute Gasteiger partial charge is 0.478 e. The fraction of sp³-hybridized carbons (Fsp3) is 0.300. The third-order valence-corrected chi connectivity index (χ3v) is 4.70. The first-order chi connectivity index (χ1) is 13.0. The number of nitrogens with zero attached hydrogens (tertiary/aromatic N) is 3. The van der Waals surface area contributed by atoms with Crippen LogP contribution in [0.3, 0.4) is 0 Å². The molecule has 0 spiro atoms. The Morgan fingerprint density at radius 3 is 2.33 bits per heavy atom. The molecule has 1 saturated heterocycles. The van der Waals surface area contributed by atoms with Crippen LogP contribution in [0.2, 0.25) is 0 Å². The van der Waals surface area contributed by atoms with Crippen LogP contribution in [0, 0.1) is 5.82 Å². The van der Waals surface area contributed by atoms with Crippen LogP contribution in [0.1, 0.15) is 15.9 Å². The van der Waals surface area contributed by atoms with Gasteiger partial charge in [-0.1, -0.05) is 24.3 Å². The SMILES string of the molecule is CN1CCN(C(=O)N(Cc2ccc(C(=O)O)cc2F)c2ccccc2)CC1. The third-order valence-electron chi connectivity index (χ3n) is 4.70. The topological polar surface area (TPSA) is 64.1 Å². The van der Waals surface area contributed by atoms with E-state index in [9.17, 15) is 14.0 Å². The molecule has 27 heavy (non-hydrogen) atoms. The minimum atomic E-state index is -1.19.